The Hall–Kier alpha value is -0.375. The van der Waals surface area contributed by atoms with E-state index < -0.39 is 6.15 Å². The molecule has 0 aliphatic carbocycles. The molecule has 0 aromatic carbocycles. The lowest BCUT2D eigenvalue weighted by atomic mass is 9.19. The minimum absolute atomic E-state index is 0.426. The number of hydrogen-bond acceptors (Lipinski definition) is 0. The Kier molecular flexibility index (Phi) is 18.1. The Morgan fingerprint density at radius 2 is 0.880 bits per heavy atom. The average Bonchev–Trinajstić information content (AvgIpc) is 2.63. The van der Waals surface area contributed by atoms with Crippen molar-refractivity contribution in [2.24, 2.45) is 0 Å². The quantitative estimate of drug-likeness (QED) is 0.140. The molecule has 0 heterocycles. The van der Waals surface area contributed by atoms with Crippen LogP contribution in [0.2, 0.25) is 19.0 Å². The molecule has 0 atom stereocenters. The second-order valence-electron chi connectivity index (χ2n) is 8.45. The minimum atomic E-state index is -0.426. The van der Waals surface area contributed by atoms with Crippen molar-refractivity contribution in [3.8, 4) is 11.7 Å². The predicted octanol–water partition coefficient (Wildman–Crippen LogP) is 8.91. The van der Waals surface area contributed by atoms with E-state index in [0.717, 1.165) is 6.42 Å². The Morgan fingerprint density at radius 1 is 0.480 bits per heavy atom. The van der Waals surface area contributed by atoms with E-state index in [-0.39, 0.29) is 0 Å². The zero-order valence-electron chi connectivity index (χ0n) is 18.3. The van der Waals surface area contributed by atoms with Gasteiger partial charge in [-0.15, -0.1) is 0 Å². The van der Waals surface area contributed by atoms with E-state index >= 15 is 0 Å². The fourth-order valence-corrected chi connectivity index (χ4v) is 4.09. The normalized spacial score (nSPS) is 11.4. The molecule has 0 unspecified atom stereocenters. The van der Waals surface area contributed by atoms with Gasteiger partial charge in [-0.3, -0.25) is 0 Å². The van der Waals surface area contributed by atoms with Crippen LogP contribution < -0.4 is 0 Å². The zero-order valence-corrected chi connectivity index (χ0v) is 18.3. The SMILES string of the molecule is CCCCC#C[B-](CCCCCC)(CCCCCC)CCCCCC. The van der Waals surface area contributed by atoms with E-state index in [4.69, 9.17) is 0 Å². The highest BCUT2D eigenvalue weighted by Crippen LogP contribution is 2.29. The van der Waals surface area contributed by atoms with Crippen molar-refractivity contribution in [1.82, 2.24) is 0 Å². The van der Waals surface area contributed by atoms with Gasteiger partial charge >= 0.3 is 0 Å². The fraction of sp³-hybridized carbons (Fsp3) is 0.917. The van der Waals surface area contributed by atoms with Crippen LogP contribution in [0.3, 0.4) is 0 Å². The summed E-state index contributed by atoms with van der Waals surface area (Å²) in [6, 6.07) is 0. The topological polar surface area (TPSA) is 0 Å². The molecule has 0 saturated carbocycles. The molecule has 0 aliphatic rings. The van der Waals surface area contributed by atoms with E-state index in [1.54, 1.807) is 0 Å². The summed E-state index contributed by atoms with van der Waals surface area (Å²) in [5.41, 5.74) is 0. The molecule has 0 bridgehead atoms. The Morgan fingerprint density at radius 3 is 1.24 bits per heavy atom. The second kappa shape index (κ2) is 18.4. The Labute approximate surface area is 161 Å². The van der Waals surface area contributed by atoms with Crippen LogP contribution in [-0.4, -0.2) is 6.15 Å². The number of hydrogen-bond donors (Lipinski definition) is 0. The number of unbranched alkanes of at least 4 members (excludes halogenated alkanes) is 11. The first-order chi connectivity index (χ1) is 12.2. The van der Waals surface area contributed by atoms with Crippen LogP contribution in [0.25, 0.3) is 0 Å². The molecule has 0 N–H and O–H groups in total. The molecule has 0 radical (unpaired) electrons. The molecule has 25 heavy (non-hydrogen) atoms. The van der Waals surface area contributed by atoms with Gasteiger partial charge in [0.2, 0.25) is 0 Å². The summed E-state index contributed by atoms with van der Waals surface area (Å²) >= 11 is 0. The Balaban J connectivity index is 4.82. The van der Waals surface area contributed by atoms with Crippen LogP contribution in [-0.2, 0) is 0 Å². The molecule has 0 amide bonds. The van der Waals surface area contributed by atoms with Gasteiger partial charge in [-0.2, -0.15) is 24.9 Å². The van der Waals surface area contributed by atoms with Gasteiger partial charge in [0.15, 0.2) is 0 Å². The molecule has 1 heteroatoms. The van der Waals surface area contributed by atoms with Gasteiger partial charge in [0.1, 0.15) is 0 Å². The maximum atomic E-state index is 3.91. The molecule has 0 rings (SSSR count). The largest absolute Gasteiger partial charge is 0.315 e. The van der Waals surface area contributed by atoms with E-state index in [2.05, 4.69) is 39.4 Å². The Bertz CT molecular complexity index is 291. The third kappa shape index (κ3) is 14.5. The maximum absolute atomic E-state index is 3.91. The fourth-order valence-electron chi connectivity index (χ4n) is 4.09. The van der Waals surface area contributed by atoms with Crippen molar-refractivity contribution in [2.75, 3.05) is 0 Å². The first-order valence-corrected chi connectivity index (χ1v) is 11.9. The standard InChI is InChI=1S/C24H48B/c1-5-9-13-17-21-25(22-18-14-10-6-2,23-19-15-11-7-3)24-20-16-12-8-4/h5-19,21-23H2,1-4H3/q-1. The molecule has 0 spiro atoms. The lowest BCUT2D eigenvalue weighted by Crippen LogP contribution is -2.32. The van der Waals surface area contributed by atoms with Gasteiger partial charge in [0.05, 0.1) is 6.15 Å². The lowest BCUT2D eigenvalue weighted by molar-refractivity contribution is 0.668. The van der Waals surface area contributed by atoms with Crippen LogP contribution in [0.1, 0.15) is 124 Å². The van der Waals surface area contributed by atoms with Gasteiger partial charge in [-0.05, 0) is 6.42 Å². The predicted molar refractivity (Wildman–Crippen MR) is 120 cm³/mol. The van der Waals surface area contributed by atoms with Gasteiger partial charge in [0, 0.05) is 6.42 Å². The van der Waals surface area contributed by atoms with E-state index in [1.807, 2.05) is 0 Å². The van der Waals surface area contributed by atoms with E-state index in [1.165, 1.54) is 109 Å². The molecule has 0 aromatic heterocycles. The van der Waals surface area contributed by atoms with Crippen LogP contribution in [0.4, 0.5) is 0 Å². The maximum Gasteiger partial charge on any atom is 0.0708 e. The third-order valence-electron chi connectivity index (χ3n) is 5.89. The number of rotatable bonds is 17. The zero-order chi connectivity index (χ0) is 18.6. The summed E-state index contributed by atoms with van der Waals surface area (Å²) < 4.78 is 0. The molecule has 0 aliphatic heterocycles. The van der Waals surface area contributed by atoms with Crippen LogP contribution in [0.5, 0.6) is 0 Å². The monoisotopic (exact) mass is 347 g/mol. The van der Waals surface area contributed by atoms with Gasteiger partial charge in [0.25, 0.3) is 0 Å². The molecule has 0 saturated heterocycles. The van der Waals surface area contributed by atoms with Gasteiger partial charge < -0.3 is 5.82 Å². The second-order valence-corrected chi connectivity index (χ2v) is 8.45. The minimum Gasteiger partial charge on any atom is -0.315 e. The summed E-state index contributed by atoms with van der Waals surface area (Å²) in [7, 11) is 0. The van der Waals surface area contributed by atoms with E-state index in [9.17, 15) is 0 Å². The molecular formula is C24H48B-. The van der Waals surface area contributed by atoms with Crippen LogP contribution >= 0.6 is 0 Å². The molecule has 0 fully saturated rings. The van der Waals surface area contributed by atoms with Crippen LogP contribution in [0, 0.1) is 11.7 Å². The van der Waals surface area contributed by atoms with Crippen LogP contribution in [0.15, 0.2) is 0 Å². The first-order valence-electron chi connectivity index (χ1n) is 11.9. The summed E-state index contributed by atoms with van der Waals surface area (Å²) in [4.78, 5) is 0. The highest BCUT2D eigenvalue weighted by molar-refractivity contribution is 6.87. The van der Waals surface area contributed by atoms with Crippen molar-refractivity contribution < 1.29 is 0 Å². The van der Waals surface area contributed by atoms with Crippen molar-refractivity contribution in [1.29, 1.82) is 0 Å². The summed E-state index contributed by atoms with van der Waals surface area (Å²) in [6.07, 6.45) is 24.2. The summed E-state index contributed by atoms with van der Waals surface area (Å²) in [5.74, 6) is 7.54. The molecule has 0 aromatic rings. The smallest absolute Gasteiger partial charge is 0.0708 e. The third-order valence-corrected chi connectivity index (χ3v) is 5.89. The summed E-state index contributed by atoms with van der Waals surface area (Å²) in [6.45, 7) is 9.23. The van der Waals surface area contributed by atoms with Gasteiger partial charge in [-0.25, -0.2) is 0 Å². The molecule has 148 valence electrons. The van der Waals surface area contributed by atoms with Crippen molar-refractivity contribution in [2.45, 2.75) is 143 Å². The highest BCUT2D eigenvalue weighted by atomic mass is 14.0. The first kappa shape index (κ1) is 24.6. The van der Waals surface area contributed by atoms with Gasteiger partial charge in [-0.1, -0.05) is 111 Å². The summed E-state index contributed by atoms with van der Waals surface area (Å²) in [5, 5.41) is 0. The van der Waals surface area contributed by atoms with Crippen molar-refractivity contribution in [3.63, 3.8) is 0 Å². The van der Waals surface area contributed by atoms with Crippen molar-refractivity contribution in [3.05, 3.63) is 0 Å². The molecular weight excluding hydrogens is 299 g/mol. The van der Waals surface area contributed by atoms with Crippen molar-refractivity contribution >= 4 is 6.15 Å². The highest BCUT2D eigenvalue weighted by Gasteiger charge is 2.21. The van der Waals surface area contributed by atoms with E-state index in [0.29, 0.717) is 0 Å². The molecule has 0 nitrogen and oxygen atoms in total. The average molecular weight is 347 g/mol. The lowest BCUT2D eigenvalue weighted by Gasteiger charge is -2.35.